The molecule has 0 aromatic carbocycles. The Kier molecular flexibility index (Phi) is 9.47. The maximum Gasteiger partial charge on any atom is 0.327 e. The van der Waals surface area contributed by atoms with Gasteiger partial charge in [-0.1, -0.05) is 23.2 Å². The summed E-state index contributed by atoms with van der Waals surface area (Å²) in [6, 6.07) is 3.72. The van der Waals surface area contributed by atoms with Crippen LogP contribution in [0.5, 0.6) is 0 Å². The van der Waals surface area contributed by atoms with Crippen molar-refractivity contribution in [2.75, 3.05) is 26.4 Å². The van der Waals surface area contributed by atoms with Crippen LogP contribution in [0.2, 0.25) is 10.3 Å². The predicted octanol–water partition coefficient (Wildman–Crippen LogP) is 4.86. The number of aromatic nitrogens is 7. The van der Waals surface area contributed by atoms with Gasteiger partial charge in [-0.15, -0.1) is 0 Å². The molecule has 1 aliphatic carbocycles. The summed E-state index contributed by atoms with van der Waals surface area (Å²) < 4.78 is 40.5. The van der Waals surface area contributed by atoms with Crippen molar-refractivity contribution in [3.8, 4) is 6.07 Å². The van der Waals surface area contributed by atoms with Gasteiger partial charge >= 0.3 is 13.4 Å². The number of halogens is 2. The van der Waals surface area contributed by atoms with Crippen LogP contribution >= 0.6 is 36.6 Å². The molecule has 21 heteroatoms. The van der Waals surface area contributed by atoms with Crippen LogP contribution in [0.25, 0.3) is 22.2 Å². The van der Waals surface area contributed by atoms with Gasteiger partial charge in [-0.05, 0) is 42.0 Å². The van der Waals surface area contributed by atoms with Crippen LogP contribution in [0.3, 0.4) is 0 Å². The van der Waals surface area contributed by atoms with Crippen molar-refractivity contribution in [1.29, 1.82) is 5.26 Å². The predicted molar refractivity (Wildman–Crippen MR) is 172 cm³/mol. The third kappa shape index (κ3) is 6.49. The van der Waals surface area contributed by atoms with E-state index in [1.807, 2.05) is 9.13 Å². The maximum absolute atomic E-state index is 11.1. The third-order valence-electron chi connectivity index (χ3n) is 8.27. The van der Waals surface area contributed by atoms with Crippen molar-refractivity contribution in [1.82, 2.24) is 34.1 Å². The molecule has 2 aliphatic heterocycles. The van der Waals surface area contributed by atoms with Crippen molar-refractivity contribution < 1.29 is 32.2 Å². The maximum atomic E-state index is 11.1. The molecule has 0 bridgehead atoms. The monoisotopic (exact) mass is 746 g/mol. The normalized spacial score (nSPS) is 33.7. The summed E-state index contributed by atoms with van der Waals surface area (Å²) in [6.07, 6.45) is 5.26. The first-order chi connectivity index (χ1) is 22.1. The SMILES string of the molecule is N#CCCOP1(=S)OC[C@H]2C[C@@H](n3cnc4c(Cl)ncnc43)[C@@H]2COP(O)(=S)OC[C@H]2O[C@@H](n3ccc4c(Cl)ncnc43)C[C@@H]2O1. The van der Waals surface area contributed by atoms with Gasteiger partial charge in [0.1, 0.15) is 41.3 Å². The zero-order valence-corrected chi connectivity index (χ0v) is 28.7. The number of nitrogens with zero attached hydrogens (tertiary/aromatic N) is 8. The molecular weight excluding hydrogens is 721 g/mol. The Labute approximate surface area is 282 Å². The molecule has 244 valence electrons. The summed E-state index contributed by atoms with van der Waals surface area (Å²) >= 11 is 23.8. The van der Waals surface area contributed by atoms with Crippen LogP contribution in [-0.2, 0) is 51.0 Å². The van der Waals surface area contributed by atoms with E-state index in [-0.39, 0.29) is 55.9 Å². The highest BCUT2D eigenvalue weighted by Gasteiger charge is 2.47. The fourth-order valence-corrected chi connectivity index (χ4v) is 9.63. The molecule has 4 aromatic rings. The van der Waals surface area contributed by atoms with Crippen LogP contribution in [0, 0.1) is 23.2 Å². The Hall–Kier alpha value is -1.74. The molecule has 2 saturated heterocycles. The minimum atomic E-state index is -3.71. The van der Waals surface area contributed by atoms with E-state index in [0.717, 1.165) is 0 Å². The Balaban J connectivity index is 1.15. The molecular formula is C25H26Cl2N8O7P2S2. The second-order valence-electron chi connectivity index (χ2n) is 10.9. The molecule has 15 nitrogen and oxygen atoms in total. The molecule has 7 rings (SSSR count). The number of rotatable bonds is 5. The highest BCUT2D eigenvalue weighted by Crippen LogP contribution is 2.57. The lowest BCUT2D eigenvalue weighted by Crippen LogP contribution is -2.43. The summed E-state index contributed by atoms with van der Waals surface area (Å²) in [7, 11) is 0. The third-order valence-corrected chi connectivity index (χ3v) is 12.8. The average molecular weight is 748 g/mol. The number of fused-ring (bicyclic) bond motifs is 4. The molecule has 6 heterocycles. The first-order valence-corrected chi connectivity index (χ1v) is 20.1. The van der Waals surface area contributed by atoms with Crippen molar-refractivity contribution in [2.24, 2.45) is 11.8 Å². The van der Waals surface area contributed by atoms with Crippen LogP contribution in [0.1, 0.15) is 31.5 Å². The van der Waals surface area contributed by atoms with E-state index in [9.17, 15) is 4.89 Å². The fourth-order valence-electron chi connectivity index (χ4n) is 5.95. The summed E-state index contributed by atoms with van der Waals surface area (Å²) in [5, 5.41) is 10.4. The molecule has 8 atom stereocenters. The van der Waals surface area contributed by atoms with Crippen molar-refractivity contribution >= 4 is 82.5 Å². The highest BCUT2D eigenvalue weighted by atomic mass is 35.5. The molecule has 3 fully saturated rings. The molecule has 1 saturated carbocycles. The number of ether oxygens (including phenoxy) is 1. The zero-order chi connectivity index (χ0) is 32.1. The number of hydrogen-bond acceptors (Lipinski definition) is 14. The van der Waals surface area contributed by atoms with Crippen molar-refractivity contribution in [2.45, 2.75) is 43.7 Å². The zero-order valence-electron chi connectivity index (χ0n) is 23.7. The molecule has 0 radical (unpaired) electrons. The quantitative estimate of drug-likeness (QED) is 0.166. The average Bonchev–Trinajstić information content (AvgIpc) is 3.74. The lowest BCUT2D eigenvalue weighted by atomic mass is 9.70. The van der Waals surface area contributed by atoms with Crippen LogP contribution < -0.4 is 0 Å². The standard InChI is InChI=1S/C25H26Cl2N8O7P2S2/c26-22-15-2-4-34(24(15)31-11-29-22)20-7-18-19(41-20)10-39-43(36,45)38-9-16-14(8-40-44(46,42-18)37-5-1-3-28)6-17(16)35-13-33-21-23(27)30-12-32-25(21)35/h2,4,11-14,16-20H,1,5-10H2,(H,36,45)/t14-,16-,17-,18+,19-,20-,43?,44?/m1/s1. The van der Waals surface area contributed by atoms with Crippen LogP contribution in [-0.4, -0.2) is 77.6 Å². The summed E-state index contributed by atoms with van der Waals surface area (Å²) in [4.78, 5) is 32.2. The minimum Gasteiger partial charge on any atom is -0.349 e. The second kappa shape index (κ2) is 13.3. The Morgan fingerprint density at radius 1 is 0.978 bits per heavy atom. The smallest absolute Gasteiger partial charge is 0.327 e. The van der Waals surface area contributed by atoms with Gasteiger partial charge in [0, 0.05) is 24.6 Å². The van der Waals surface area contributed by atoms with E-state index in [4.69, 9.17) is 79.4 Å². The van der Waals surface area contributed by atoms with E-state index < -0.39 is 31.9 Å². The number of imidazole rings is 1. The van der Waals surface area contributed by atoms with Gasteiger partial charge in [-0.2, -0.15) is 5.26 Å². The van der Waals surface area contributed by atoms with E-state index in [0.29, 0.717) is 40.2 Å². The van der Waals surface area contributed by atoms with Gasteiger partial charge in [0.2, 0.25) is 0 Å². The van der Waals surface area contributed by atoms with E-state index in [2.05, 4.69) is 31.0 Å². The lowest BCUT2D eigenvalue weighted by Gasteiger charge is -2.45. The summed E-state index contributed by atoms with van der Waals surface area (Å²) in [6.45, 7) is -7.01. The van der Waals surface area contributed by atoms with E-state index in [1.165, 1.54) is 12.7 Å². The van der Waals surface area contributed by atoms with Crippen LogP contribution in [0.4, 0.5) is 0 Å². The molecule has 46 heavy (non-hydrogen) atoms. The molecule has 4 aromatic heterocycles. The van der Waals surface area contributed by atoms with Crippen LogP contribution in [0.15, 0.2) is 31.2 Å². The number of nitriles is 1. The van der Waals surface area contributed by atoms with E-state index in [1.54, 1.807) is 18.6 Å². The lowest BCUT2D eigenvalue weighted by molar-refractivity contribution is -0.0395. The van der Waals surface area contributed by atoms with Gasteiger partial charge in [0.25, 0.3) is 0 Å². The van der Waals surface area contributed by atoms with Gasteiger partial charge in [0.05, 0.1) is 56.7 Å². The number of hydrogen-bond donors (Lipinski definition) is 1. The van der Waals surface area contributed by atoms with Gasteiger partial charge < -0.3 is 41.4 Å². The molecule has 0 amide bonds. The Bertz CT molecular complexity index is 1910. The Morgan fingerprint density at radius 3 is 2.59 bits per heavy atom. The molecule has 2 unspecified atom stereocenters. The second-order valence-corrected chi connectivity index (χ2v) is 17.4. The highest BCUT2D eigenvalue weighted by molar-refractivity contribution is 8.07. The first kappa shape index (κ1) is 32.8. The minimum absolute atomic E-state index is 0.0301. The van der Waals surface area contributed by atoms with Gasteiger partial charge in [-0.25, -0.2) is 24.9 Å². The topological polar surface area (TPSA) is 174 Å². The van der Waals surface area contributed by atoms with Gasteiger partial charge in [0.15, 0.2) is 10.8 Å². The fraction of sp³-hybridized carbons (Fsp3) is 0.520. The van der Waals surface area contributed by atoms with Crippen molar-refractivity contribution in [3.63, 3.8) is 0 Å². The van der Waals surface area contributed by atoms with Crippen molar-refractivity contribution in [3.05, 3.63) is 41.6 Å². The first-order valence-electron chi connectivity index (χ1n) is 14.2. The van der Waals surface area contributed by atoms with Gasteiger partial charge in [-0.3, -0.25) is 0 Å². The Morgan fingerprint density at radius 2 is 1.76 bits per heavy atom. The molecule has 1 N–H and O–H groups in total. The molecule has 0 spiro atoms. The molecule has 3 aliphatic rings. The van der Waals surface area contributed by atoms with E-state index >= 15 is 0 Å². The summed E-state index contributed by atoms with van der Waals surface area (Å²) in [5.74, 6) is -0.274. The largest absolute Gasteiger partial charge is 0.349 e. The summed E-state index contributed by atoms with van der Waals surface area (Å²) in [5.41, 5.74) is 1.62.